The summed E-state index contributed by atoms with van der Waals surface area (Å²) in [4.78, 5) is 37.4. The van der Waals surface area contributed by atoms with Crippen molar-refractivity contribution in [1.29, 1.82) is 0 Å². The molecule has 1 amide bonds. The van der Waals surface area contributed by atoms with Crippen molar-refractivity contribution >= 4 is 46.2 Å². The van der Waals surface area contributed by atoms with Gasteiger partial charge >= 0.3 is 6.18 Å². The fraction of sp³-hybridized carbons (Fsp3) is 0.211. The Morgan fingerprint density at radius 1 is 1.16 bits per heavy atom. The quantitative estimate of drug-likeness (QED) is 0.352. The van der Waals surface area contributed by atoms with Gasteiger partial charge in [0.1, 0.15) is 17.1 Å². The van der Waals surface area contributed by atoms with Gasteiger partial charge in [0, 0.05) is 20.2 Å². The van der Waals surface area contributed by atoms with E-state index >= 15 is 0 Å². The number of halogens is 5. The van der Waals surface area contributed by atoms with Crippen molar-refractivity contribution in [2.24, 2.45) is 0 Å². The number of phenolic OH excluding ortho intramolecular Hbond substituents is 1. The number of alkyl halides is 3. The number of amides is 1. The van der Waals surface area contributed by atoms with Gasteiger partial charge in [0.25, 0.3) is 16.8 Å². The summed E-state index contributed by atoms with van der Waals surface area (Å²) >= 11 is 11.2. The summed E-state index contributed by atoms with van der Waals surface area (Å²) in [5, 5.41) is 14.0. The van der Waals surface area contributed by atoms with Crippen molar-refractivity contribution in [2.75, 3.05) is 24.7 Å². The Hall–Kier alpha value is -3.18. The molecular formula is C19H14Cl2F3N3O5. The molecule has 0 aliphatic heterocycles. The molecule has 170 valence electrons. The minimum atomic E-state index is -4.96. The molecule has 1 heterocycles. The second kappa shape index (κ2) is 8.40. The lowest BCUT2D eigenvalue weighted by molar-refractivity contribution is -0.147. The van der Waals surface area contributed by atoms with E-state index in [1.807, 2.05) is 5.32 Å². The number of carbonyl (C=O) groups is 1. The van der Waals surface area contributed by atoms with E-state index in [9.17, 15) is 32.7 Å². The zero-order chi connectivity index (χ0) is 24.0. The fourth-order valence-corrected chi connectivity index (χ4v) is 3.10. The third kappa shape index (κ3) is 4.26. The first-order chi connectivity index (χ1) is 14.8. The molecule has 0 spiro atoms. The zero-order valence-electron chi connectivity index (χ0n) is 16.3. The Bertz CT molecular complexity index is 1240. The summed E-state index contributed by atoms with van der Waals surface area (Å²) < 4.78 is 45.6. The lowest BCUT2D eigenvalue weighted by atomic mass is 10.1. The molecule has 0 saturated heterocycles. The Morgan fingerprint density at radius 2 is 1.78 bits per heavy atom. The van der Waals surface area contributed by atoms with Crippen LogP contribution in [0.4, 0.5) is 30.2 Å². The number of phenols is 1. The first kappa shape index (κ1) is 23.5. The second-order valence-corrected chi connectivity index (χ2v) is 7.57. The van der Waals surface area contributed by atoms with E-state index in [1.165, 1.54) is 37.2 Å². The van der Waals surface area contributed by atoms with Gasteiger partial charge in [0.2, 0.25) is 5.22 Å². The third-order valence-electron chi connectivity index (χ3n) is 4.41. The maximum absolute atomic E-state index is 13.6. The van der Waals surface area contributed by atoms with Crippen LogP contribution in [-0.4, -0.2) is 36.2 Å². The van der Waals surface area contributed by atoms with Crippen LogP contribution in [0.15, 0.2) is 38.3 Å². The lowest BCUT2D eigenvalue weighted by Gasteiger charge is -2.23. The smallest absolute Gasteiger partial charge is 0.415 e. The Kier molecular flexibility index (Phi) is 6.16. The van der Waals surface area contributed by atoms with Crippen molar-refractivity contribution < 1.29 is 27.5 Å². The van der Waals surface area contributed by atoms with Crippen LogP contribution in [0.3, 0.4) is 0 Å². The Balaban J connectivity index is 1.97. The molecule has 3 aromatic rings. The maximum Gasteiger partial charge on any atom is 0.415 e. The van der Waals surface area contributed by atoms with E-state index in [0.29, 0.717) is 0 Å². The largest absolute Gasteiger partial charge is 0.505 e. The summed E-state index contributed by atoms with van der Waals surface area (Å²) in [5.41, 5.74) is -3.85. The predicted octanol–water partition coefficient (Wildman–Crippen LogP) is 4.05. The van der Waals surface area contributed by atoms with Crippen molar-refractivity contribution in [3.63, 3.8) is 0 Å². The van der Waals surface area contributed by atoms with Gasteiger partial charge in [-0.25, -0.2) is 0 Å². The van der Waals surface area contributed by atoms with Crippen LogP contribution in [0.25, 0.3) is 0 Å². The molecule has 0 fully saturated rings. The molecule has 13 heteroatoms. The van der Waals surface area contributed by atoms with Gasteiger partial charge in [0.15, 0.2) is 11.8 Å². The van der Waals surface area contributed by atoms with Crippen LogP contribution in [0, 0.1) is 0 Å². The van der Waals surface area contributed by atoms with Crippen LogP contribution >= 0.6 is 23.2 Å². The summed E-state index contributed by atoms with van der Waals surface area (Å²) in [6.07, 6.45) is -4.96. The number of hydrogen-bond donors (Lipinski definition) is 3. The molecule has 1 aromatic heterocycles. The number of nitrogens with one attached hydrogen (secondary N) is 2. The molecule has 3 rings (SSSR count). The minimum absolute atomic E-state index is 0.124. The minimum Gasteiger partial charge on any atom is -0.505 e. The normalized spacial score (nSPS) is 12.6. The molecule has 0 unspecified atom stereocenters. The monoisotopic (exact) mass is 491 g/mol. The highest BCUT2D eigenvalue weighted by molar-refractivity contribution is 6.40. The number of carbonyl (C=O) groups excluding carboxylic acids is 1. The summed E-state index contributed by atoms with van der Waals surface area (Å²) in [7, 11) is 2.90. The van der Waals surface area contributed by atoms with Crippen LogP contribution in [0.1, 0.15) is 22.2 Å². The average molecular weight is 492 g/mol. The van der Waals surface area contributed by atoms with Gasteiger partial charge in [-0.05, 0) is 23.7 Å². The number of nitrogens with zero attached hydrogens (tertiary/aromatic N) is 1. The van der Waals surface area contributed by atoms with E-state index in [2.05, 4.69) is 5.32 Å². The van der Waals surface area contributed by atoms with E-state index in [1.54, 1.807) is 0 Å². The number of benzene rings is 1. The molecular weight excluding hydrogens is 478 g/mol. The van der Waals surface area contributed by atoms with Crippen molar-refractivity contribution in [3.05, 3.63) is 66.3 Å². The predicted molar refractivity (Wildman–Crippen MR) is 112 cm³/mol. The Morgan fingerprint density at radius 3 is 2.31 bits per heavy atom. The van der Waals surface area contributed by atoms with E-state index in [-0.39, 0.29) is 16.3 Å². The van der Waals surface area contributed by atoms with Crippen molar-refractivity contribution in [2.45, 2.75) is 12.2 Å². The van der Waals surface area contributed by atoms with Gasteiger partial charge < -0.3 is 25.1 Å². The standard InChI is InChI=1S/C19H14Cl2F3N3O5/c1-27(2)18(31)7-4-3-5-9(13(7)28)25-11-12(15(30)14(11)29)26-16(19(22,23)24)10-6-8(20)17(21)32-10/h3-6,16,25-26,28H,1-2H3/t16-/m0/s1. The van der Waals surface area contributed by atoms with E-state index in [0.717, 1.165) is 6.07 Å². The molecule has 1 atom stereocenters. The first-order valence-corrected chi connectivity index (χ1v) is 9.50. The third-order valence-corrected chi connectivity index (χ3v) is 5.07. The fourth-order valence-electron chi connectivity index (χ4n) is 2.81. The number of hydrogen-bond acceptors (Lipinski definition) is 7. The van der Waals surface area contributed by atoms with Gasteiger partial charge in [0.05, 0.1) is 16.3 Å². The highest BCUT2D eigenvalue weighted by Crippen LogP contribution is 2.40. The van der Waals surface area contributed by atoms with Gasteiger partial charge in [-0.3, -0.25) is 14.4 Å². The molecule has 0 bridgehead atoms. The molecule has 0 aliphatic carbocycles. The molecule has 32 heavy (non-hydrogen) atoms. The SMILES string of the molecule is CN(C)C(=O)c1cccc(Nc2c(N[C@@H](c3cc(Cl)c(Cl)o3)C(F)(F)F)c(=O)c2=O)c1O. The summed E-state index contributed by atoms with van der Waals surface area (Å²) in [5.74, 6) is -1.84. The summed E-state index contributed by atoms with van der Waals surface area (Å²) in [6, 6.07) is 2.24. The summed E-state index contributed by atoms with van der Waals surface area (Å²) in [6.45, 7) is 0. The van der Waals surface area contributed by atoms with Gasteiger partial charge in [-0.2, -0.15) is 13.2 Å². The lowest BCUT2D eigenvalue weighted by Crippen LogP contribution is -2.40. The number of furan rings is 1. The van der Waals surface area contributed by atoms with Crippen molar-refractivity contribution in [1.82, 2.24) is 4.90 Å². The zero-order valence-corrected chi connectivity index (χ0v) is 17.8. The number of para-hydroxylation sites is 1. The molecule has 0 aliphatic rings. The highest BCUT2D eigenvalue weighted by Gasteiger charge is 2.45. The maximum atomic E-state index is 13.6. The Labute approximate surface area is 187 Å². The van der Waals surface area contributed by atoms with Gasteiger partial charge in [-0.15, -0.1) is 0 Å². The van der Waals surface area contributed by atoms with Crippen LogP contribution in [0.5, 0.6) is 5.75 Å². The van der Waals surface area contributed by atoms with Crippen molar-refractivity contribution in [3.8, 4) is 5.75 Å². The van der Waals surface area contributed by atoms with E-state index < -0.39 is 57.1 Å². The average Bonchev–Trinajstić information content (AvgIpc) is 3.04. The molecule has 3 N–H and O–H groups in total. The molecule has 0 radical (unpaired) electrons. The molecule has 0 saturated carbocycles. The van der Waals surface area contributed by atoms with Crippen LogP contribution in [0.2, 0.25) is 10.2 Å². The second-order valence-electron chi connectivity index (χ2n) is 6.82. The molecule has 2 aromatic carbocycles. The number of anilines is 3. The van der Waals surface area contributed by atoms with Gasteiger partial charge in [-0.1, -0.05) is 17.7 Å². The van der Waals surface area contributed by atoms with E-state index in [4.69, 9.17) is 27.6 Å². The molecule has 8 nitrogen and oxygen atoms in total. The number of aromatic hydroxyl groups is 1. The van der Waals surface area contributed by atoms with Crippen LogP contribution in [-0.2, 0) is 0 Å². The topological polar surface area (TPSA) is 112 Å². The van der Waals surface area contributed by atoms with Crippen LogP contribution < -0.4 is 21.5 Å². The number of rotatable bonds is 6. The first-order valence-electron chi connectivity index (χ1n) is 8.74. The highest BCUT2D eigenvalue weighted by atomic mass is 35.5.